The van der Waals surface area contributed by atoms with Gasteiger partial charge in [0.1, 0.15) is 29.3 Å². The fourth-order valence-corrected chi connectivity index (χ4v) is 5.06. The molecular formula is C32H37F2N5O8. The van der Waals surface area contributed by atoms with E-state index in [0.29, 0.717) is 16.6 Å². The minimum absolute atomic E-state index is 0.00849. The highest BCUT2D eigenvalue weighted by atomic mass is 19.1. The van der Waals surface area contributed by atoms with Crippen LogP contribution < -0.4 is 20.3 Å². The second-order valence-electron chi connectivity index (χ2n) is 13.1. The molecule has 2 aliphatic rings. The number of halogens is 2. The van der Waals surface area contributed by atoms with Gasteiger partial charge in [0.15, 0.2) is 18.1 Å². The zero-order valence-corrected chi connectivity index (χ0v) is 27.2. The van der Waals surface area contributed by atoms with Crippen LogP contribution in [0.3, 0.4) is 0 Å². The summed E-state index contributed by atoms with van der Waals surface area (Å²) in [5.74, 6) is -0.637. The molecule has 4 heterocycles. The minimum atomic E-state index is -1.46. The highest BCUT2D eigenvalue weighted by Gasteiger charge is 2.33. The van der Waals surface area contributed by atoms with Crippen molar-refractivity contribution in [3.05, 3.63) is 35.9 Å². The van der Waals surface area contributed by atoms with Crippen molar-refractivity contribution in [3.63, 3.8) is 0 Å². The molecule has 2 atom stereocenters. The fourth-order valence-electron chi connectivity index (χ4n) is 5.06. The Hall–Kier alpha value is -4.79. The summed E-state index contributed by atoms with van der Waals surface area (Å²) in [5.41, 5.74) is -0.829. The first-order valence-electron chi connectivity index (χ1n) is 15.0. The highest BCUT2D eigenvalue weighted by molar-refractivity contribution is 6.05. The second kappa shape index (κ2) is 12.8. The van der Waals surface area contributed by atoms with Crippen LogP contribution in [0.25, 0.3) is 21.9 Å². The third-order valence-corrected chi connectivity index (χ3v) is 7.04. The Kier molecular flexibility index (Phi) is 9.13. The average Bonchev–Trinajstić information content (AvgIpc) is 3.36. The Balaban J connectivity index is 1.59. The van der Waals surface area contributed by atoms with Gasteiger partial charge in [-0.05, 0) is 71.5 Å². The number of nitrogens with zero attached hydrogens (tertiary/aromatic N) is 3. The van der Waals surface area contributed by atoms with Crippen LogP contribution in [0.4, 0.5) is 40.4 Å². The monoisotopic (exact) mass is 657 g/mol. The Labute approximate surface area is 269 Å². The van der Waals surface area contributed by atoms with Gasteiger partial charge in [-0.25, -0.2) is 33.1 Å². The summed E-state index contributed by atoms with van der Waals surface area (Å²) in [6.45, 7) is 12.0. The first-order valence-corrected chi connectivity index (χ1v) is 15.0. The summed E-state index contributed by atoms with van der Waals surface area (Å²) in [6, 6.07) is 2.93. The van der Waals surface area contributed by atoms with E-state index in [1.165, 1.54) is 29.4 Å². The molecule has 3 amide bonds. The summed E-state index contributed by atoms with van der Waals surface area (Å²) in [4.78, 5) is 48.5. The number of carbonyl (C=O) groups is 3. The molecule has 2 aliphatic heterocycles. The maximum atomic E-state index is 16.5. The van der Waals surface area contributed by atoms with Crippen LogP contribution >= 0.6 is 0 Å². The van der Waals surface area contributed by atoms with Crippen molar-refractivity contribution in [1.82, 2.24) is 9.97 Å². The van der Waals surface area contributed by atoms with Crippen molar-refractivity contribution in [3.8, 4) is 17.0 Å². The molecule has 0 aliphatic carbocycles. The minimum Gasteiger partial charge on any atom is -0.474 e. The van der Waals surface area contributed by atoms with Crippen molar-refractivity contribution in [1.29, 1.82) is 0 Å². The Morgan fingerprint density at radius 1 is 0.957 bits per heavy atom. The second-order valence-corrected chi connectivity index (χ2v) is 13.1. The Morgan fingerprint density at radius 3 is 2.34 bits per heavy atom. The summed E-state index contributed by atoms with van der Waals surface area (Å²) < 4.78 is 57.2. The average molecular weight is 658 g/mol. The first kappa shape index (κ1) is 33.6. The highest BCUT2D eigenvalue weighted by Crippen LogP contribution is 2.42. The third-order valence-electron chi connectivity index (χ3n) is 7.04. The van der Waals surface area contributed by atoms with Crippen LogP contribution in [0.1, 0.15) is 47.1 Å². The normalized spacial score (nSPS) is 17.9. The van der Waals surface area contributed by atoms with Crippen LogP contribution in [0.2, 0.25) is 0 Å². The number of hydrogen-bond acceptors (Lipinski definition) is 10. The molecule has 2 N–H and O–H groups in total. The zero-order chi connectivity index (χ0) is 34.3. The van der Waals surface area contributed by atoms with Gasteiger partial charge in [-0.2, -0.15) is 0 Å². The number of nitrogens with one attached hydrogen (secondary N) is 2. The molecule has 0 unspecified atom stereocenters. The Bertz CT molecular complexity index is 1720. The SMILES string of the molecule is Cc1c(-c2cc3cc(NC(=O)O[C@@H]4COC[C@@H]4F)ncc3c(NC(=O)OC(C)(C)C)c2F)cnc2c1N(C(=O)OC(C)(C)C)CCO2. The van der Waals surface area contributed by atoms with Crippen molar-refractivity contribution >= 4 is 46.2 Å². The van der Waals surface area contributed by atoms with Crippen molar-refractivity contribution in [2.45, 2.75) is 71.9 Å². The largest absolute Gasteiger partial charge is 0.474 e. The van der Waals surface area contributed by atoms with Crippen LogP contribution in [-0.4, -0.2) is 78.1 Å². The van der Waals surface area contributed by atoms with Crippen molar-refractivity contribution in [2.75, 3.05) is 41.9 Å². The van der Waals surface area contributed by atoms with Crippen LogP contribution in [0.15, 0.2) is 24.5 Å². The fraction of sp³-hybridized carbons (Fsp3) is 0.469. The molecule has 0 bridgehead atoms. The van der Waals surface area contributed by atoms with E-state index in [1.807, 2.05) is 0 Å². The van der Waals surface area contributed by atoms with Crippen molar-refractivity contribution in [2.24, 2.45) is 0 Å². The van der Waals surface area contributed by atoms with Gasteiger partial charge in [-0.15, -0.1) is 0 Å². The van der Waals surface area contributed by atoms with Crippen LogP contribution in [-0.2, 0) is 18.9 Å². The molecule has 252 valence electrons. The summed E-state index contributed by atoms with van der Waals surface area (Å²) in [6.07, 6.45) is -2.34. The molecule has 3 aromatic rings. The molecule has 1 aromatic carbocycles. The molecule has 13 nitrogen and oxygen atoms in total. The van der Waals surface area contributed by atoms with E-state index in [0.717, 1.165) is 0 Å². The molecule has 1 fully saturated rings. The lowest BCUT2D eigenvalue weighted by atomic mass is 9.96. The summed E-state index contributed by atoms with van der Waals surface area (Å²) in [7, 11) is 0. The van der Waals surface area contributed by atoms with E-state index in [2.05, 4.69) is 20.6 Å². The number of alkyl halides is 1. The number of hydrogen-bond donors (Lipinski definition) is 2. The maximum absolute atomic E-state index is 16.5. The number of amides is 3. The summed E-state index contributed by atoms with van der Waals surface area (Å²) in [5, 5.41) is 5.48. The van der Waals surface area contributed by atoms with E-state index in [1.54, 1.807) is 48.5 Å². The van der Waals surface area contributed by atoms with Gasteiger partial charge in [0.2, 0.25) is 5.88 Å². The van der Waals surface area contributed by atoms with Gasteiger partial charge in [0, 0.05) is 28.9 Å². The van der Waals surface area contributed by atoms with E-state index in [-0.39, 0.29) is 60.3 Å². The number of carbonyl (C=O) groups excluding carboxylic acids is 3. The molecule has 47 heavy (non-hydrogen) atoms. The lowest BCUT2D eigenvalue weighted by Gasteiger charge is -2.32. The quantitative estimate of drug-likeness (QED) is 0.297. The topological polar surface area (TPSA) is 150 Å². The number of ether oxygens (including phenoxy) is 5. The summed E-state index contributed by atoms with van der Waals surface area (Å²) >= 11 is 0. The molecule has 1 saturated heterocycles. The van der Waals surface area contributed by atoms with Crippen LogP contribution in [0.5, 0.6) is 5.88 Å². The predicted molar refractivity (Wildman–Crippen MR) is 168 cm³/mol. The van der Waals surface area contributed by atoms with E-state index in [9.17, 15) is 18.8 Å². The number of pyridine rings is 2. The van der Waals surface area contributed by atoms with Gasteiger partial charge in [0.25, 0.3) is 0 Å². The zero-order valence-electron chi connectivity index (χ0n) is 27.2. The van der Waals surface area contributed by atoms with Gasteiger partial charge < -0.3 is 23.7 Å². The smallest absolute Gasteiger partial charge is 0.415 e. The van der Waals surface area contributed by atoms with Gasteiger partial charge in [-0.3, -0.25) is 15.5 Å². The molecule has 0 spiro atoms. The number of anilines is 3. The molecule has 0 radical (unpaired) electrons. The van der Waals surface area contributed by atoms with E-state index < -0.39 is 47.6 Å². The van der Waals surface area contributed by atoms with E-state index in [4.69, 9.17) is 23.7 Å². The molecular weight excluding hydrogens is 620 g/mol. The molecule has 5 rings (SSSR count). The molecule has 0 saturated carbocycles. The predicted octanol–water partition coefficient (Wildman–Crippen LogP) is 6.51. The van der Waals surface area contributed by atoms with E-state index >= 15 is 4.39 Å². The van der Waals surface area contributed by atoms with Crippen molar-refractivity contribution < 1.29 is 46.8 Å². The molecule has 15 heteroatoms. The van der Waals surface area contributed by atoms with Gasteiger partial charge in [0.05, 0.1) is 25.4 Å². The molecule has 2 aromatic heterocycles. The van der Waals surface area contributed by atoms with Gasteiger partial charge >= 0.3 is 18.3 Å². The lowest BCUT2D eigenvalue weighted by Crippen LogP contribution is -2.42. The Morgan fingerprint density at radius 2 is 1.68 bits per heavy atom. The van der Waals surface area contributed by atoms with Crippen LogP contribution in [0, 0.1) is 12.7 Å². The number of aromatic nitrogens is 2. The maximum Gasteiger partial charge on any atom is 0.415 e. The van der Waals surface area contributed by atoms with Gasteiger partial charge in [-0.1, -0.05) is 0 Å². The lowest BCUT2D eigenvalue weighted by molar-refractivity contribution is 0.0564. The third kappa shape index (κ3) is 7.62. The number of fused-ring (bicyclic) bond motifs is 2. The number of benzene rings is 1. The first-order chi connectivity index (χ1) is 22.0. The standard InChI is InChI=1S/C32H37F2N5O8/c1-16-19(12-36-27-26(16)39(8-9-44-27)30(42)47-32(5,6)7)18-10-17-11-23(37-28(40)45-22-15-43-14-21(22)33)35-13-20(17)25(24(18)34)38-29(41)46-31(2,3)4/h10-13,21-22H,8-9,14-15H2,1-7H3,(H,38,41)(H,35,37,40)/t21-,22+/m0/s1. The number of rotatable bonds is 4.